The summed E-state index contributed by atoms with van der Waals surface area (Å²) < 4.78 is 5.68. The topological polar surface area (TPSA) is 88.7 Å². The first-order valence-electron chi connectivity index (χ1n) is 8.87. The van der Waals surface area contributed by atoms with Crippen LogP contribution in [0.2, 0.25) is 0 Å². The minimum atomic E-state index is 0.0220. The second-order valence-corrected chi connectivity index (χ2v) is 6.63. The fraction of sp³-hybridized carbons (Fsp3) is 0.300. The van der Waals surface area contributed by atoms with Crippen molar-refractivity contribution in [3.63, 3.8) is 0 Å². The van der Waals surface area contributed by atoms with Crippen molar-refractivity contribution < 1.29 is 9.53 Å². The molecule has 2 aromatic rings. The maximum absolute atomic E-state index is 11.9. The van der Waals surface area contributed by atoms with E-state index in [1.165, 1.54) is 0 Å². The molecular weight excluding hydrogens is 328 g/mol. The number of ether oxygens (including phenoxy) is 1. The Labute approximate surface area is 152 Å². The number of nitrogens with two attached hydrogens (primary N) is 1. The first-order chi connectivity index (χ1) is 12.7. The van der Waals surface area contributed by atoms with Gasteiger partial charge in [0.25, 0.3) is 0 Å². The highest BCUT2D eigenvalue weighted by Crippen LogP contribution is 2.33. The van der Waals surface area contributed by atoms with Crippen molar-refractivity contribution in [2.45, 2.75) is 24.8 Å². The molecule has 2 unspecified atom stereocenters. The van der Waals surface area contributed by atoms with E-state index in [-0.39, 0.29) is 17.9 Å². The molecule has 0 bridgehead atoms. The second-order valence-electron chi connectivity index (χ2n) is 6.63. The van der Waals surface area contributed by atoms with Gasteiger partial charge in [-0.05, 0) is 17.7 Å². The molecule has 26 heavy (non-hydrogen) atoms. The van der Waals surface area contributed by atoms with Crippen LogP contribution in [0.1, 0.15) is 35.9 Å². The van der Waals surface area contributed by atoms with E-state index in [0.29, 0.717) is 25.5 Å². The molecule has 2 heterocycles. The normalized spacial score (nSPS) is 21.8. The number of para-hydroxylation sites is 2. The average Bonchev–Trinajstić information content (AvgIpc) is 2.66. The third-order valence-electron chi connectivity index (χ3n) is 4.87. The largest absolute Gasteiger partial charge is 0.493 e. The van der Waals surface area contributed by atoms with Gasteiger partial charge in [-0.3, -0.25) is 9.79 Å². The van der Waals surface area contributed by atoms with Gasteiger partial charge in [-0.2, -0.15) is 0 Å². The summed E-state index contributed by atoms with van der Waals surface area (Å²) in [5.74, 6) is 1.35. The summed E-state index contributed by atoms with van der Waals surface area (Å²) in [5.41, 5.74) is 9.21. The third-order valence-corrected chi connectivity index (χ3v) is 4.87. The van der Waals surface area contributed by atoms with Crippen LogP contribution in [0, 0.1) is 0 Å². The second kappa shape index (κ2) is 7.07. The van der Waals surface area contributed by atoms with E-state index in [2.05, 4.69) is 15.6 Å². The molecule has 0 saturated carbocycles. The molecule has 0 fully saturated rings. The number of guanidine groups is 1. The molecule has 0 saturated heterocycles. The molecule has 2 atom stereocenters. The van der Waals surface area contributed by atoms with E-state index in [9.17, 15) is 4.79 Å². The molecule has 0 radical (unpaired) electrons. The summed E-state index contributed by atoms with van der Waals surface area (Å²) in [6.07, 6.45) is 1.26. The lowest BCUT2D eigenvalue weighted by atomic mass is 9.91. The Kier molecular flexibility index (Phi) is 4.48. The number of fused-ring (bicyclic) bond motifs is 2. The van der Waals surface area contributed by atoms with Crippen LogP contribution < -0.4 is 21.1 Å². The average molecular weight is 350 g/mol. The monoisotopic (exact) mass is 350 g/mol. The fourth-order valence-electron chi connectivity index (χ4n) is 3.59. The van der Waals surface area contributed by atoms with Crippen LogP contribution >= 0.6 is 0 Å². The standard InChI is InChI=1S/C20H22N4O2/c21-20(24-17-9-10-26-18-8-4-2-6-15(17)18)22-12-13-11-19(25)23-16-7-3-1-5-14(13)16/h1-8,13,17H,9-12H2,(H,23,25)(H3,21,22,24). The summed E-state index contributed by atoms with van der Waals surface area (Å²) in [6, 6.07) is 15.9. The number of rotatable bonds is 3. The van der Waals surface area contributed by atoms with E-state index in [1.807, 2.05) is 48.5 Å². The number of hydrogen-bond acceptors (Lipinski definition) is 3. The predicted molar refractivity (Wildman–Crippen MR) is 101 cm³/mol. The van der Waals surface area contributed by atoms with Crippen LogP contribution in [0.4, 0.5) is 5.69 Å². The van der Waals surface area contributed by atoms with E-state index in [4.69, 9.17) is 10.5 Å². The number of aliphatic imine (C=N–C) groups is 1. The molecule has 0 aliphatic carbocycles. The smallest absolute Gasteiger partial charge is 0.225 e. The van der Waals surface area contributed by atoms with Crippen molar-refractivity contribution in [2.75, 3.05) is 18.5 Å². The van der Waals surface area contributed by atoms with Gasteiger partial charge in [0.1, 0.15) is 5.75 Å². The van der Waals surface area contributed by atoms with Crippen molar-refractivity contribution >= 4 is 17.6 Å². The maximum Gasteiger partial charge on any atom is 0.225 e. The fourth-order valence-corrected chi connectivity index (χ4v) is 3.59. The molecule has 134 valence electrons. The van der Waals surface area contributed by atoms with E-state index in [1.54, 1.807) is 0 Å². The van der Waals surface area contributed by atoms with Gasteiger partial charge in [0.05, 0.1) is 19.2 Å². The van der Waals surface area contributed by atoms with Crippen molar-refractivity contribution in [2.24, 2.45) is 10.7 Å². The van der Waals surface area contributed by atoms with Gasteiger partial charge in [-0.15, -0.1) is 0 Å². The molecule has 6 nitrogen and oxygen atoms in total. The Balaban J connectivity index is 1.46. The molecule has 0 aromatic heterocycles. The van der Waals surface area contributed by atoms with Crippen LogP contribution in [0.3, 0.4) is 0 Å². The molecule has 6 heteroatoms. The first-order valence-corrected chi connectivity index (χ1v) is 8.87. The van der Waals surface area contributed by atoms with Gasteiger partial charge in [0.2, 0.25) is 5.91 Å². The van der Waals surface area contributed by atoms with Gasteiger partial charge < -0.3 is 21.1 Å². The quantitative estimate of drug-likeness (QED) is 0.586. The minimum absolute atomic E-state index is 0.0220. The Morgan fingerprint density at radius 1 is 1.19 bits per heavy atom. The molecular formula is C20H22N4O2. The third kappa shape index (κ3) is 3.35. The van der Waals surface area contributed by atoms with Crippen LogP contribution in [0.25, 0.3) is 0 Å². The van der Waals surface area contributed by atoms with Crippen molar-refractivity contribution in [1.82, 2.24) is 5.32 Å². The van der Waals surface area contributed by atoms with E-state index in [0.717, 1.165) is 29.0 Å². The lowest BCUT2D eigenvalue weighted by Crippen LogP contribution is -2.37. The molecule has 4 N–H and O–H groups in total. The van der Waals surface area contributed by atoms with Crippen molar-refractivity contribution in [3.8, 4) is 5.75 Å². The Hall–Kier alpha value is -3.02. The van der Waals surface area contributed by atoms with Crippen LogP contribution in [-0.4, -0.2) is 25.0 Å². The van der Waals surface area contributed by atoms with Crippen LogP contribution in [-0.2, 0) is 4.79 Å². The molecule has 2 aromatic carbocycles. The number of nitrogens with zero attached hydrogens (tertiary/aromatic N) is 1. The van der Waals surface area contributed by atoms with Crippen LogP contribution in [0.5, 0.6) is 5.75 Å². The lowest BCUT2D eigenvalue weighted by molar-refractivity contribution is -0.116. The predicted octanol–water partition coefficient (Wildman–Crippen LogP) is 2.54. The first kappa shape index (κ1) is 16.4. The highest BCUT2D eigenvalue weighted by atomic mass is 16.5. The number of amides is 1. The van der Waals surface area contributed by atoms with Crippen LogP contribution in [0.15, 0.2) is 53.5 Å². The maximum atomic E-state index is 11.9. The molecule has 2 aliphatic rings. The van der Waals surface area contributed by atoms with Gasteiger partial charge in [0.15, 0.2) is 5.96 Å². The van der Waals surface area contributed by atoms with E-state index >= 15 is 0 Å². The molecule has 0 spiro atoms. The summed E-state index contributed by atoms with van der Waals surface area (Å²) in [7, 11) is 0. The minimum Gasteiger partial charge on any atom is -0.493 e. The summed E-state index contributed by atoms with van der Waals surface area (Å²) in [5, 5.41) is 6.20. The van der Waals surface area contributed by atoms with Crippen molar-refractivity contribution in [3.05, 3.63) is 59.7 Å². The van der Waals surface area contributed by atoms with Crippen molar-refractivity contribution in [1.29, 1.82) is 0 Å². The zero-order chi connectivity index (χ0) is 17.9. The Morgan fingerprint density at radius 3 is 2.85 bits per heavy atom. The van der Waals surface area contributed by atoms with Gasteiger partial charge in [-0.25, -0.2) is 0 Å². The number of nitrogens with one attached hydrogen (secondary N) is 2. The highest BCUT2D eigenvalue weighted by molar-refractivity contribution is 5.94. The zero-order valence-corrected chi connectivity index (χ0v) is 14.4. The number of anilines is 1. The summed E-state index contributed by atoms with van der Waals surface area (Å²) >= 11 is 0. The molecule has 1 amide bonds. The Morgan fingerprint density at radius 2 is 1.96 bits per heavy atom. The molecule has 4 rings (SSSR count). The zero-order valence-electron chi connectivity index (χ0n) is 14.4. The number of hydrogen-bond donors (Lipinski definition) is 3. The van der Waals surface area contributed by atoms with E-state index < -0.39 is 0 Å². The summed E-state index contributed by atoms with van der Waals surface area (Å²) in [6.45, 7) is 1.13. The number of benzene rings is 2. The number of carbonyl (C=O) groups excluding carboxylic acids is 1. The van der Waals surface area contributed by atoms with Gasteiger partial charge in [-0.1, -0.05) is 36.4 Å². The van der Waals surface area contributed by atoms with Gasteiger partial charge in [0, 0.05) is 30.0 Å². The summed E-state index contributed by atoms with van der Waals surface area (Å²) in [4.78, 5) is 16.4. The highest BCUT2D eigenvalue weighted by Gasteiger charge is 2.25. The molecule has 2 aliphatic heterocycles. The van der Waals surface area contributed by atoms with Gasteiger partial charge >= 0.3 is 0 Å². The SMILES string of the molecule is NC(=NCC1CC(=O)Nc2ccccc21)NC1CCOc2ccccc21. The Bertz CT molecular complexity index is 849. The number of carbonyl (C=O) groups is 1. The lowest BCUT2D eigenvalue weighted by Gasteiger charge is -2.27.